The van der Waals surface area contributed by atoms with Gasteiger partial charge >= 0.3 is 0 Å². The van der Waals surface area contributed by atoms with E-state index in [0.717, 1.165) is 12.0 Å². The van der Waals surface area contributed by atoms with E-state index in [9.17, 15) is 14.0 Å². The first-order valence-electron chi connectivity index (χ1n) is 9.94. The second-order valence-electron chi connectivity index (χ2n) is 8.06. The standard InChI is InChI=1S/C21H27FN2O2/c22-17-7-5-16(6-8-17)18-14-19(18)21(26)24-11-9-23(10-12-24)20(25)13-15-3-1-2-4-15/h5-8,15,18-19H,1-4,9-14H2. The third kappa shape index (κ3) is 3.76. The average Bonchev–Trinajstić information content (AvgIpc) is 3.30. The minimum absolute atomic E-state index is 0.0289. The van der Waals surface area contributed by atoms with E-state index >= 15 is 0 Å². The number of amides is 2. The maximum Gasteiger partial charge on any atom is 0.226 e. The molecule has 2 amide bonds. The van der Waals surface area contributed by atoms with E-state index in [4.69, 9.17) is 0 Å². The lowest BCUT2D eigenvalue weighted by molar-refractivity contribution is -0.140. The minimum atomic E-state index is -0.240. The van der Waals surface area contributed by atoms with Crippen molar-refractivity contribution in [3.63, 3.8) is 0 Å². The summed E-state index contributed by atoms with van der Waals surface area (Å²) in [6.07, 6.45) is 6.44. The van der Waals surface area contributed by atoms with E-state index in [1.807, 2.05) is 9.80 Å². The Morgan fingerprint density at radius 1 is 0.962 bits per heavy atom. The van der Waals surface area contributed by atoms with Crippen LogP contribution in [-0.4, -0.2) is 47.8 Å². The molecule has 0 aromatic heterocycles. The molecule has 26 heavy (non-hydrogen) atoms. The molecule has 3 fully saturated rings. The van der Waals surface area contributed by atoms with Gasteiger partial charge in [-0.15, -0.1) is 0 Å². The molecule has 1 aromatic rings. The summed E-state index contributed by atoms with van der Waals surface area (Å²) in [6, 6.07) is 6.49. The summed E-state index contributed by atoms with van der Waals surface area (Å²) >= 11 is 0. The molecular formula is C21H27FN2O2. The number of carbonyl (C=O) groups is 2. The lowest BCUT2D eigenvalue weighted by atomic mass is 10.0. The van der Waals surface area contributed by atoms with Gasteiger partial charge in [-0.05, 0) is 48.8 Å². The molecule has 4 rings (SSSR count). The zero-order chi connectivity index (χ0) is 18.1. The molecular weight excluding hydrogens is 331 g/mol. The number of hydrogen-bond acceptors (Lipinski definition) is 2. The van der Waals surface area contributed by atoms with Gasteiger partial charge in [0.05, 0.1) is 0 Å². The highest BCUT2D eigenvalue weighted by Gasteiger charge is 2.46. The van der Waals surface area contributed by atoms with Crippen molar-refractivity contribution < 1.29 is 14.0 Å². The number of hydrogen-bond donors (Lipinski definition) is 0. The van der Waals surface area contributed by atoms with Crippen molar-refractivity contribution in [2.24, 2.45) is 11.8 Å². The highest BCUT2D eigenvalue weighted by atomic mass is 19.1. The van der Waals surface area contributed by atoms with Gasteiger partial charge in [0.2, 0.25) is 11.8 Å². The van der Waals surface area contributed by atoms with Crippen LogP contribution in [-0.2, 0) is 9.59 Å². The predicted molar refractivity (Wildman–Crippen MR) is 97.0 cm³/mol. The Kier molecular flexibility index (Phi) is 4.96. The van der Waals surface area contributed by atoms with Crippen molar-refractivity contribution in [3.8, 4) is 0 Å². The maximum absolute atomic E-state index is 13.0. The van der Waals surface area contributed by atoms with Crippen LogP contribution in [0.3, 0.4) is 0 Å². The number of benzene rings is 1. The van der Waals surface area contributed by atoms with Gasteiger partial charge < -0.3 is 9.80 Å². The van der Waals surface area contributed by atoms with Gasteiger partial charge in [0.15, 0.2) is 0 Å². The average molecular weight is 358 g/mol. The smallest absolute Gasteiger partial charge is 0.226 e. The normalized spacial score (nSPS) is 26.2. The Morgan fingerprint density at radius 3 is 2.23 bits per heavy atom. The van der Waals surface area contributed by atoms with E-state index in [1.54, 1.807) is 12.1 Å². The van der Waals surface area contributed by atoms with Crippen LogP contribution in [0.1, 0.15) is 50.0 Å². The van der Waals surface area contributed by atoms with Gasteiger partial charge in [0, 0.05) is 38.5 Å². The second-order valence-corrected chi connectivity index (χ2v) is 8.06. The van der Waals surface area contributed by atoms with E-state index in [2.05, 4.69) is 0 Å². The molecule has 0 radical (unpaired) electrons. The summed E-state index contributed by atoms with van der Waals surface area (Å²) in [7, 11) is 0. The van der Waals surface area contributed by atoms with Gasteiger partial charge in [-0.25, -0.2) is 4.39 Å². The molecule has 3 aliphatic rings. The third-order valence-corrected chi connectivity index (χ3v) is 6.29. The molecule has 5 heteroatoms. The lowest BCUT2D eigenvalue weighted by Crippen LogP contribution is -2.51. The van der Waals surface area contributed by atoms with Crippen molar-refractivity contribution in [1.82, 2.24) is 9.80 Å². The van der Waals surface area contributed by atoms with Crippen LogP contribution in [0.5, 0.6) is 0 Å². The van der Waals surface area contributed by atoms with Crippen molar-refractivity contribution in [2.75, 3.05) is 26.2 Å². The molecule has 0 spiro atoms. The van der Waals surface area contributed by atoms with Gasteiger partial charge in [0.25, 0.3) is 0 Å². The third-order valence-electron chi connectivity index (χ3n) is 6.29. The van der Waals surface area contributed by atoms with Crippen molar-refractivity contribution in [1.29, 1.82) is 0 Å². The highest BCUT2D eigenvalue weighted by Crippen LogP contribution is 2.48. The molecule has 0 bridgehead atoms. The van der Waals surface area contributed by atoms with E-state index in [-0.39, 0.29) is 29.5 Å². The van der Waals surface area contributed by atoms with Crippen LogP contribution in [0.25, 0.3) is 0 Å². The van der Waals surface area contributed by atoms with Crippen molar-refractivity contribution >= 4 is 11.8 Å². The number of nitrogens with zero attached hydrogens (tertiary/aromatic N) is 2. The largest absolute Gasteiger partial charge is 0.339 e. The summed E-state index contributed by atoms with van der Waals surface area (Å²) in [5.41, 5.74) is 1.05. The molecule has 0 N–H and O–H groups in total. The van der Waals surface area contributed by atoms with Crippen molar-refractivity contribution in [3.05, 3.63) is 35.6 Å². The molecule has 2 unspecified atom stereocenters. The highest BCUT2D eigenvalue weighted by molar-refractivity contribution is 5.83. The Balaban J connectivity index is 1.25. The Morgan fingerprint density at radius 2 is 1.58 bits per heavy atom. The van der Waals surface area contributed by atoms with Crippen LogP contribution in [0.4, 0.5) is 4.39 Å². The Labute approximate surface area is 154 Å². The fourth-order valence-corrected chi connectivity index (χ4v) is 4.55. The fraction of sp³-hybridized carbons (Fsp3) is 0.619. The molecule has 1 aliphatic heterocycles. The molecule has 140 valence electrons. The summed E-state index contributed by atoms with van der Waals surface area (Å²) in [4.78, 5) is 29.0. The number of piperazine rings is 1. The molecule has 1 aromatic carbocycles. The van der Waals surface area contributed by atoms with Gasteiger partial charge in [-0.2, -0.15) is 0 Å². The SMILES string of the molecule is O=C(CC1CCCC1)N1CCN(C(=O)C2CC2c2ccc(F)cc2)CC1. The molecule has 2 atom stereocenters. The van der Waals surface area contributed by atoms with Crippen LogP contribution >= 0.6 is 0 Å². The van der Waals surface area contributed by atoms with Crippen LogP contribution in [0, 0.1) is 17.7 Å². The topological polar surface area (TPSA) is 40.6 Å². The minimum Gasteiger partial charge on any atom is -0.339 e. The summed E-state index contributed by atoms with van der Waals surface area (Å²) in [5.74, 6) is 1.05. The molecule has 1 heterocycles. The first kappa shape index (κ1) is 17.5. The summed E-state index contributed by atoms with van der Waals surface area (Å²) in [6.45, 7) is 2.60. The van der Waals surface area contributed by atoms with Crippen LogP contribution in [0.2, 0.25) is 0 Å². The number of carbonyl (C=O) groups excluding carboxylic acids is 2. The van der Waals surface area contributed by atoms with E-state index in [1.165, 1.54) is 37.8 Å². The van der Waals surface area contributed by atoms with E-state index < -0.39 is 0 Å². The van der Waals surface area contributed by atoms with E-state index in [0.29, 0.717) is 38.5 Å². The summed E-state index contributed by atoms with van der Waals surface area (Å²) < 4.78 is 13.0. The fourth-order valence-electron chi connectivity index (χ4n) is 4.55. The maximum atomic E-state index is 13.0. The summed E-state index contributed by atoms with van der Waals surface area (Å²) in [5, 5.41) is 0. The van der Waals surface area contributed by atoms with Crippen molar-refractivity contribution in [2.45, 2.75) is 44.4 Å². The first-order chi connectivity index (χ1) is 12.6. The molecule has 2 aliphatic carbocycles. The zero-order valence-electron chi connectivity index (χ0n) is 15.2. The quantitative estimate of drug-likeness (QED) is 0.829. The molecule has 1 saturated heterocycles. The zero-order valence-corrected chi connectivity index (χ0v) is 15.2. The van der Waals surface area contributed by atoms with Gasteiger partial charge in [-0.3, -0.25) is 9.59 Å². The Hall–Kier alpha value is -1.91. The molecule has 4 nitrogen and oxygen atoms in total. The van der Waals surface area contributed by atoms with Gasteiger partial charge in [0.1, 0.15) is 5.82 Å². The van der Waals surface area contributed by atoms with Gasteiger partial charge in [-0.1, -0.05) is 25.0 Å². The molecule has 2 saturated carbocycles. The van der Waals surface area contributed by atoms with Crippen LogP contribution < -0.4 is 0 Å². The number of halogens is 1. The Bertz CT molecular complexity index is 661. The first-order valence-corrected chi connectivity index (χ1v) is 9.94. The monoisotopic (exact) mass is 358 g/mol. The second kappa shape index (κ2) is 7.37. The van der Waals surface area contributed by atoms with Crippen LogP contribution in [0.15, 0.2) is 24.3 Å². The lowest BCUT2D eigenvalue weighted by Gasteiger charge is -2.35. The number of rotatable bonds is 4. The predicted octanol–water partition coefficient (Wildman–Crippen LogP) is 3.18.